The predicted octanol–water partition coefficient (Wildman–Crippen LogP) is 3.97. The molecule has 1 amide bonds. The van der Waals surface area contributed by atoms with Gasteiger partial charge in [-0.25, -0.2) is 0 Å². The lowest BCUT2D eigenvalue weighted by atomic mass is 9.94. The molecule has 1 aromatic carbocycles. The van der Waals surface area contributed by atoms with Crippen molar-refractivity contribution in [3.8, 4) is 5.75 Å². The lowest BCUT2D eigenvalue weighted by Crippen LogP contribution is -2.39. The first-order chi connectivity index (χ1) is 12.2. The average Bonchev–Trinajstić information content (AvgIpc) is 3.07. The number of methoxy groups -OCH3 is 1. The summed E-state index contributed by atoms with van der Waals surface area (Å²) in [7, 11) is 3.62. The topological polar surface area (TPSA) is 42.4 Å². The average molecular weight is 336 g/mol. The fourth-order valence-corrected chi connectivity index (χ4v) is 4.01. The van der Waals surface area contributed by atoms with Crippen molar-refractivity contribution >= 4 is 22.9 Å². The van der Waals surface area contributed by atoms with Crippen LogP contribution in [0.5, 0.6) is 5.75 Å². The molecular weight excluding hydrogens is 312 g/mol. The third-order valence-electron chi connectivity index (χ3n) is 5.54. The fourth-order valence-electron chi connectivity index (χ4n) is 4.01. The predicted molar refractivity (Wildman–Crippen MR) is 99.6 cm³/mol. The summed E-state index contributed by atoms with van der Waals surface area (Å²) in [5.74, 6) is 0.964. The number of hydrogen-bond acceptors (Lipinski definition) is 3. The summed E-state index contributed by atoms with van der Waals surface area (Å²) in [6, 6.07) is 8.42. The first-order valence-electron chi connectivity index (χ1n) is 9.11. The van der Waals surface area contributed by atoms with Crippen molar-refractivity contribution in [1.82, 2.24) is 9.88 Å². The first-order valence-corrected chi connectivity index (χ1v) is 9.11. The highest BCUT2D eigenvalue weighted by Gasteiger charge is 2.27. The molecule has 130 valence electrons. The molecular formula is C21H24N2O2. The highest BCUT2D eigenvalue weighted by atomic mass is 16.5. The highest BCUT2D eigenvalue weighted by Crippen LogP contribution is 2.30. The molecule has 2 aromatic rings. The van der Waals surface area contributed by atoms with Gasteiger partial charge in [0, 0.05) is 36.5 Å². The number of pyridine rings is 1. The summed E-state index contributed by atoms with van der Waals surface area (Å²) in [6.45, 7) is 0. The summed E-state index contributed by atoms with van der Waals surface area (Å²) in [4.78, 5) is 19.6. The normalized spacial score (nSPS) is 17.3. The Kier molecular flexibility index (Phi) is 4.20. The molecule has 0 radical (unpaired) electrons. The van der Waals surface area contributed by atoms with Gasteiger partial charge in [-0.2, -0.15) is 0 Å². The van der Waals surface area contributed by atoms with Crippen LogP contribution < -0.4 is 4.74 Å². The molecule has 0 aliphatic heterocycles. The van der Waals surface area contributed by atoms with Crippen molar-refractivity contribution in [3.63, 3.8) is 0 Å². The van der Waals surface area contributed by atoms with E-state index in [4.69, 9.17) is 9.72 Å². The summed E-state index contributed by atoms with van der Waals surface area (Å²) in [6.07, 6.45) is 8.67. The van der Waals surface area contributed by atoms with Crippen LogP contribution in [0.2, 0.25) is 0 Å². The summed E-state index contributed by atoms with van der Waals surface area (Å²) in [5.41, 5.74) is 3.83. The van der Waals surface area contributed by atoms with Crippen molar-refractivity contribution in [2.75, 3.05) is 14.2 Å². The summed E-state index contributed by atoms with van der Waals surface area (Å²) < 4.78 is 5.29. The molecule has 4 heteroatoms. The van der Waals surface area contributed by atoms with E-state index in [9.17, 15) is 4.79 Å². The van der Waals surface area contributed by atoms with Gasteiger partial charge in [-0.05, 0) is 42.7 Å². The molecule has 1 heterocycles. The number of fused-ring (bicyclic) bond motifs is 2. The van der Waals surface area contributed by atoms with Crippen molar-refractivity contribution in [2.45, 2.75) is 44.6 Å². The first kappa shape index (κ1) is 16.1. The molecule has 0 unspecified atom stereocenters. The fraction of sp³-hybridized carbons (Fsp3) is 0.429. The van der Waals surface area contributed by atoms with E-state index in [1.807, 2.05) is 36.2 Å². The van der Waals surface area contributed by atoms with Crippen LogP contribution in [0.25, 0.3) is 17.0 Å². The minimum Gasteiger partial charge on any atom is -0.497 e. The standard InChI is InChI=1S/C21H24N2O2/c1-23(17-6-4-3-5-7-17)21(24)16-11-15-10-14-8-9-18(25-2)13-20(14)22-19(15)12-16/h8-11,13,17H,3-7,12H2,1-2H3. The minimum absolute atomic E-state index is 0.159. The van der Waals surface area contributed by atoms with Crippen LogP contribution in [-0.4, -0.2) is 36.0 Å². The van der Waals surface area contributed by atoms with Crippen molar-refractivity contribution < 1.29 is 9.53 Å². The van der Waals surface area contributed by atoms with Gasteiger partial charge in [0.2, 0.25) is 5.91 Å². The second-order valence-electron chi connectivity index (χ2n) is 7.14. The van der Waals surface area contributed by atoms with Crippen LogP contribution >= 0.6 is 0 Å². The molecule has 2 aliphatic carbocycles. The summed E-state index contributed by atoms with van der Waals surface area (Å²) >= 11 is 0. The van der Waals surface area contributed by atoms with Gasteiger partial charge in [-0.15, -0.1) is 0 Å². The molecule has 4 rings (SSSR count). The number of carbonyl (C=O) groups excluding carboxylic acids is 1. The largest absolute Gasteiger partial charge is 0.497 e. The van der Waals surface area contributed by atoms with E-state index < -0.39 is 0 Å². The number of hydrogen-bond donors (Lipinski definition) is 0. The van der Waals surface area contributed by atoms with E-state index in [1.165, 1.54) is 19.3 Å². The Morgan fingerprint density at radius 3 is 2.76 bits per heavy atom. The molecule has 1 aromatic heterocycles. The van der Waals surface area contributed by atoms with Gasteiger partial charge in [0.15, 0.2) is 0 Å². The van der Waals surface area contributed by atoms with E-state index in [2.05, 4.69) is 6.07 Å². The number of benzene rings is 1. The van der Waals surface area contributed by atoms with Gasteiger partial charge >= 0.3 is 0 Å². The van der Waals surface area contributed by atoms with Crippen molar-refractivity contribution in [1.29, 1.82) is 0 Å². The van der Waals surface area contributed by atoms with Gasteiger partial charge in [0.25, 0.3) is 0 Å². The zero-order valence-electron chi connectivity index (χ0n) is 14.9. The van der Waals surface area contributed by atoms with E-state index in [0.717, 1.165) is 46.3 Å². The quantitative estimate of drug-likeness (QED) is 0.851. The Bertz CT molecular complexity index is 850. The Labute approximate surface area is 148 Å². The second kappa shape index (κ2) is 6.51. The van der Waals surface area contributed by atoms with Gasteiger partial charge in [0.1, 0.15) is 5.75 Å². The summed E-state index contributed by atoms with van der Waals surface area (Å²) in [5, 5.41) is 1.07. The van der Waals surface area contributed by atoms with Crippen LogP contribution in [0.3, 0.4) is 0 Å². The number of ether oxygens (including phenoxy) is 1. The van der Waals surface area contributed by atoms with Crippen molar-refractivity contribution in [2.24, 2.45) is 0 Å². The maximum atomic E-state index is 12.9. The SMILES string of the molecule is COc1ccc2cc3c(nc2c1)CC(C(=O)N(C)C1CCCCC1)=C3. The zero-order chi connectivity index (χ0) is 17.4. The molecule has 0 atom stereocenters. The Hall–Kier alpha value is -2.36. The second-order valence-corrected chi connectivity index (χ2v) is 7.14. The highest BCUT2D eigenvalue weighted by molar-refractivity contribution is 6.01. The number of nitrogens with zero attached hydrogens (tertiary/aromatic N) is 2. The monoisotopic (exact) mass is 336 g/mol. The lowest BCUT2D eigenvalue weighted by molar-refractivity contribution is -0.128. The zero-order valence-corrected chi connectivity index (χ0v) is 14.9. The number of carbonyl (C=O) groups is 1. The molecule has 0 N–H and O–H groups in total. The van der Waals surface area contributed by atoms with Crippen molar-refractivity contribution in [3.05, 3.63) is 41.1 Å². The van der Waals surface area contributed by atoms with Gasteiger partial charge < -0.3 is 9.64 Å². The van der Waals surface area contributed by atoms with Crippen LogP contribution in [0, 0.1) is 0 Å². The molecule has 4 nitrogen and oxygen atoms in total. The van der Waals surface area contributed by atoms with E-state index >= 15 is 0 Å². The third kappa shape index (κ3) is 3.01. The van der Waals surface area contributed by atoms with E-state index in [1.54, 1.807) is 7.11 Å². The number of aromatic nitrogens is 1. The Morgan fingerprint density at radius 2 is 2.00 bits per heavy atom. The maximum Gasteiger partial charge on any atom is 0.250 e. The molecule has 1 saturated carbocycles. The van der Waals surface area contributed by atoms with Crippen LogP contribution in [-0.2, 0) is 11.2 Å². The van der Waals surface area contributed by atoms with E-state index in [0.29, 0.717) is 12.5 Å². The van der Waals surface area contributed by atoms with Gasteiger partial charge in [0.05, 0.1) is 18.3 Å². The smallest absolute Gasteiger partial charge is 0.250 e. The van der Waals surface area contributed by atoms with Gasteiger partial charge in [-0.1, -0.05) is 19.3 Å². The number of amides is 1. The van der Waals surface area contributed by atoms with Crippen LogP contribution in [0.4, 0.5) is 0 Å². The Balaban J connectivity index is 1.58. The molecule has 0 saturated heterocycles. The number of rotatable bonds is 3. The minimum atomic E-state index is 0.159. The molecule has 0 spiro atoms. The molecule has 1 fully saturated rings. The third-order valence-corrected chi connectivity index (χ3v) is 5.54. The maximum absolute atomic E-state index is 12.9. The molecule has 2 aliphatic rings. The van der Waals surface area contributed by atoms with Crippen LogP contribution in [0.1, 0.15) is 43.4 Å². The van der Waals surface area contributed by atoms with E-state index in [-0.39, 0.29) is 5.91 Å². The van der Waals surface area contributed by atoms with Crippen LogP contribution in [0.15, 0.2) is 29.8 Å². The molecule has 25 heavy (non-hydrogen) atoms. The lowest BCUT2D eigenvalue weighted by Gasteiger charge is -2.31. The van der Waals surface area contributed by atoms with Gasteiger partial charge in [-0.3, -0.25) is 9.78 Å². The Morgan fingerprint density at radius 1 is 1.20 bits per heavy atom. The number of likely N-dealkylation sites (N-methyl/N-ethyl adjacent to an activating group) is 1. The molecule has 0 bridgehead atoms.